The van der Waals surface area contributed by atoms with Crippen molar-refractivity contribution in [2.24, 2.45) is 0 Å². The number of nitro groups is 1. The molecule has 0 amide bonds. The van der Waals surface area contributed by atoms with Crippen molar-refractivity contribution in [3.63, 3.8) is 0 Å². The second kappa shape index (κ2) is 8.05. The number of nitro benzene ring substituents is 1. The molecule has 7 heteroatoms. The van der Waals surface area contributed by atoms with Crippen molar-refractivity contribution in [2.75, 3.05) is 17.6 Å². The number of nitrogens with one attached hydrogen (secondary N) is 1. The molecule has 1 N–H and O–H groups in total. The van der Waals surface area contributed by atoms with E-state index in [2.05, 4.69) is 21.2 Å². The lowest BCUT2D eigenvalue weighted by molar-refractivity contribution is -0.384. The van der Waals surface area contributed by atoms with Crippen LogP contribution in [0.15, 0.2) is 53.0 Å². The highest BCUT2D eigenvalue weighted by Crippen LogP contribution is 2.26. The van der Waals surface area contributed by atoms with Gasteiger partial charge in [0, 0.05) is 51.1 Å². The fourth-order valence-electron chi connectivity index (χ4n) is 1.89. The van der Waals surface area contributed by atoms with Gasteiger partial charge in [0.05, 0.1) is 4.92 Å². The van der Waals surface area contributed by atoms with Crippen molar-refractivity contribution >= 4 is 38.1 Å². The van der Waals surface area contributed by atoms with Crippen LogP contribution in [-0.4, -0.2) is 21.4 Å². The molecule has 0 spiro atoms. The number of rotatable bonds is 7. The molecule has 1 unspecified atom stereocenters. The van der Waals surface area contributed by atoms with Gasteiger partial charge in [-0.3, -0.25) is 14.3 Å². The summed E-state index contributed by atoms with van der Waals surface area (Å²) >= 11 is 3.29. The van der Waals surface area contributed by atoms with Gasteiger partial charge in [-0.25, -0.2) is 0 Å². The molecule has 2 aromatic rings. The highest BCUT2D eigenvalue weighted by Gasteiger charge is 2.09. The van der Waals surface area contributed by atoms with E-state index in [9.17, 15) is 14.3 Å². The lowest BCUT2D eigenvalue weighted by Gasteiger charge is -2.08. The van der Waals surface area contributed by atoms with Crippen molar-refractivity contribution < 1.29 is 9.13 Å². The molecule has 2 aromatic carbocycles. The smallest absolute Gasteiger partial charge is 0.270 e. The van der Waals surface area contributed by atoms with Crippen molar-refractivity contribution in [1.29, 1.82) is 0 Å². The largest absolute Gasteiger partial charge is 0.383 e. The fourth-order valence-corrected chi connectivity index (χ4v) is 3.44. The average Bonchev–Trinajstić information content (AvgIpc) is 2.49. The third-order valence-corrected chi connectivity index (χ3v) is 4.95. The highest BCUT2D eigenvalue weighted by atomic mass is 79.9. The maximum absolute atomic E-state index is 12.0. The zero-order chi connectivity index (χ0) is 15.9. The first-order valence-electron chi connectivity index (χ1n) is 6.63. The van der Waals surface area contributed by atoms with Crippen LogP contribution in [0, 0.1) is 10.1 Å². The maximum Gasteiger partial charge on any atom is 0.270 e. The Kier molecular flexibility index (Phi) is 6.09. The van der Waals surface area contributed by atoms with E-state index >= 15 is 0 Å². The van der Waals surface area contributed by atoms with Gasteiger partial charge < -0.3 is 5.32 Å². The summed E-state index contributed by atoms with van der Waals surface area (Å²) in [7, 11) is -0.949. The summed E-state index contributed by atoms with van der Waals surface area (Å²) < 4.78 is 12.6. The molecule has 0 aliphatic heterocycles. The molecule has 0 saturated heterocycles. The SMILES string of the molecule is O=[N+]([O-])c1ccc(NCCS(=O)Cc2ccccc2)c(Br)c1. The second-order valence-corrected chi connectivity index (χ2v) is 7.05. The van der Waals surface area contributed by atoms with Gasteiger partial charge in [0.2, 0.25) is 0 Å². The van der Waals surface area contributed by atoms with Gasteiger partial charge in [0.15, 0.2) is 0 Å². The lowest BCUT2D eigenvalue weighted by atomic mass is 10.2. The second-order valence-electron chi connectivity index (χ2n) is 4.62. The summed E-state index contributed by atoms with van der Waals surface area (Å²) in [4.78, 5) is 10.2. The number of benzene rings is 2. The Bertz CT molecular complexity index is 680. The van der Waals surface area contributed by atoms with Crippen molar-refractivity contribution in [1.82, 2.24) is 0 Å². The van der Waals surface area contributed by atoms with Crippen molar-refractivity contribution in [3.05, 3.63) is 68.7 Å². The van der Waals surface area contributed by atoms with Crippen molar-refractivity contribution in [3.8, 4) is 0 Å². The van der Waals surface area contributed by atoms with Crippen LogP contribution in [-0.2, 0) is 16.6 Å². The molecule has 116 valence electrons. The van der Waals surface area contributed by atoms with Crippen LogP contribution in [0.4, 0.5) is 11.4 Å². The Balaban J connectivity index is 1.83. The van der Waals surface area contributed by atoms with Crippen LogP contribution in [0.5, 0.6) is 0 Å². The zero-order valence-electron chi connectivity index (χ0n) is 11.7. The van der Waals surface area contributed by atoms with Crippen LogP contribution in [0.25, 0.3) is 0 Å². The summed E-state index contributed by atoms with van der Waals surface area (Å²) in [5, 5.41) is 13.8. The molecular weight excluding hydrogens is 368 g/mol. The molecule has 0 bridgehead atoms. The van der Waals surface area contributed by atoms with E-state index in [1.807, 2.05) is 30.3 Å². The minimum atomic E-state index is -0.949. The summed E-state index contributed by atoms with van der Waals surface area (Å²) in [5.74, 6) is 1.04. The van der Waals surface area contributed by atoms with Crippen molar-refractivity contribution in [2.45, 2.75) is 5.75 Å². The summed E-state index contributed by atoms with van der Waals surface area (Å²) in [6.45, 7) is 0.538. The Hall–Kier alpha value is -1.73. The monoisotopic (exact) mass is 382 g/mol. The van der Waals surface area contributed by atoms with Gasteiger partial charge in [-0.2, -0.15) is 0 Å². The number of non-ortho nitro benzene ring substituents is 1. The first-order valence-corrected chi connectivity index (χ1v) is 8.91. The number of hydrogen-bond acceptors (Lipinski definition) is 4. The highest BCUT2D eigenvalue weighted by molar-refractivity contribution is 9.10. The Morgan fingerprint density at radius 1 is 1.18 bits per heavy atom. The van der Waals surface area contributed by atoms with Crippen LogP contribution in [0.1, 0.15) is 5.56 Å². The molecule has 0 radical (unpaired) electrons. The molecule has 2 rings (SSSR count). The molecule has 22 heavy (non-hydrogen) atoms. The standard InChI is InChI=1S/C15H15BrN2O3S/c16-14-10-13(18(19)20)6-7-15(14)17-8-9-22(21)11-12-4-2-1-3-5-12/h1-7,10,17H,8-9,11H2. The molecule has 5 nitrogen and oxygen atoms in total. The molecule has 0 fully saturated rings. The van der Waals surface area contributed by atoms with Gasteiger partial charge in [-0.05, 0) is 27.6 Å². The Morgan fingerprint density at radius 2 is 1.91 bits per heavy atom. The first kappa shape index (κ1) is 16.6. The molecule has 0 aromatic heterocycles. The molecule has 0 aliphatic rings. The third-order valence-electron chi connectivity index (χ3n) is 2.98. The molecule has 0 aliphatic carbocycles. The molecular formula is C15H15BrN2O3S. The van der Waals surface area contributed by atoms with E-state index in [1.165, 1.54) is 12.1 Å². The van der Waals surface area contributed by atoms with E-state index in [4.69, 9.17) is 0 Å². The summed E-state index contributed by atoms with van der Waals surface area (Å²) in [6, 6.07) is 14.2. The number of nitrogens with zero attached hydrogens (tertiary/aromatic N) is 1. The van der Waals surface area contributed by atoms with Crippen LogP contribution >= 0.6 is 15.9 Å². The molecule has 1 atom stereocenters. The average molecular weight is 383 g/mol. The zero-order valence-corrected chi connectivity index (χ0v) is 14.1. The predicted molar refractivity (Wildman–Crippen MR) is 92.4 cm³/mol. The maximum atomic E-state index is 12.0. The minimum absolute atomic E-state index is 0.0325. The van der Waals surface area contributed by atoms with Gasteiger partial charge in [-0.1, -0.05) is 30.3 Å². The quantitative estimate of drug-likeness (QED) is 0.584. The minimum Gasteiger partial charge on any atom is -0.383 e. The predicted octanol–water partition coefficient (Wildman–Crippen LogP) is 3.72. The first-order chi connectivity index (χ1) is 10.6. The summed E-state index contributed by atoms with van der Waals surface area (Å²) in [5.41, 5.74) is 1.84. The fraction of sp³-hybridized carbons (Fsp3) is 0.200. The van der Waals surface area contributed by atoms with Gasteiger partial charge in [-0.15, -0.1) is 0 Å². The van der Waals surface area contributed by atoms with E-state index in [0.29, 0.717) is 22.5 Å². The van der Waals surface area contributed by atoms with Crippen LogP contribution in [0.2, 0.25) is 0 Å². The third kappa shape index (κ3) is 4.92. The normalized spacial score (nSPS) is 11.9. The molecule has 0 heterocycles. The van der Waals surface area contributed by atoms with Crippen LogP contribution < -0.4 is 5.32 Å². The summed E-state index contributed by atoms with van der Waals surface area (Å²) in [6.07, 6.45) is 0. The Labute approximate surface area is 139 Å². The van der Waals surface area contributed by atoms with E-state index in [0.717, 1.165) is 11.3 Å². The van der Waals surface area contributed by atoms with Gasteiger partial charge in [0.1, 0.15) is 0 Å². The lowest BCUT2D eigenvalue weighted by Crippen LogP contribution is -2.12. The van der Waals surface area contributed by atoms with Gasteiger partial charge >= 0.3 is 0 Å². The number of hydrogen-bond donors (Lipinski definition) is 1. The Morgan fingerprint density at radius 3 is 2.55 bits per heavy atom. The van der Waals surface area contributed by atoms with E-state index < -0.39 is 15.7 Å². The number of halogens is 1. The topological polar surface area (TPSA) is 72.2 Å². The van der Waals surface area contributed by atoms with E-state index in [1.54, 1.807) is 6.07 Å². The van der Waals surface area contributed by atoms with Gasteiger partial charge in [0.25, 0.3) is 5.69 Å². The number of anilines is 1. The van der Waals surface area contributed by atoms with E-state index in [-0.39, 0.29) is 5.69 Å². The van der Waals surface area contributed by atoms with Crippen LogP contribution in [0.3, 0.4) is 0 Å². The molecule has 0 saturated carbocycles.